The summed E-state index contributed by atoms with van der Waals surface area (Å²) in [5.41, 5.74) is 0. The molecule has 0 aliphatic heterocycles. The van der Waals surface area contributed by atoms with Crippen LogP contribution in [0.3, 0.4) is 0 Å². The van der Waals surface area contributed by atoms with E-state index in [1.54, 1.807) is 0 Å². The van der Waals surface area contributed by atoms with Crippen LogP contribution in [0.1, 0.15) is 6.42 Å². The summed E-state index contributed by atoms with van der Waals surface area (Å²) in [4.78, 5) is 10.5. The summed E-state index contributed by atoms with van der Waals surface area (Å²) in [6.07, 6.45) is -5.11. The maximum absolute atomic E-state index is 11.9. The number of ether oxygens (including phenoxy) is 1. The molecule has 0 aromatic carbocycles. The van der Waals surface area contributed by atoms with E-state index in [1.165, 1.54) is 0 Å². The minimum Gasteiger partial charge on any atom is -0.469 e. The molecule has 1 atom stereocenters. The predicted octanol–water partition coefficient (Wildman–Crippen LogP) is 0.700. The van der Waals surface area contributed by atoms with Crippen molar-refractivity contribution in [1.29, 1.82) is 0 Å². The van der Waals surface area contributed by atoms with E-state index in [4.69, 9.17) is 0 Å². The quantitative estimate of drug-likeness (QED) is 0.658. The molecule has 72 valence electrons. The first-order valence-corrected chi connectivity index (χ1v) is 3.22. The Kier molecular flexibility index (Phi) is 4.02. The van der Waals surface area contributed by atoms with Gasteiger partial charge in [-0.15, -0.1) is 0 Å². The third-order valence-corrected chi connectivity index (χ3v) is 1.34. The maximum Gasteiger partial charge on any atom is 0.404 e. The van der Waals surface area contributed by atoms with Gasteiger partial charge in [-0.3, -0.25) is 4.79 Å². The largest absolute Gasteiger partial charge is 0.469 e. The molecule has 6 heteroatoms. The van der Waals surface area contributed by atoms with Crippen molar-refractivity contribution in [2.24, 2.45) is 0 Å². The van der Waals surface area contributed by atoms with E-state index >= 15 is 0 Å². The van der Waals surface area contributed by atoms with Gasteiger partial charge in [0.1, 0.15) is 6.04 Å². The van der Waals surface area contributed by atoms with Crippen LogP contribution >= 0.6 is 0 Å². The molecule has 0 saturated heterocycles. The van der Waals surface area contributed by atoms with Gasteiger partial charge in [-0.05, 0) is 7.05 Å². The highest BCUT2D eigenvalue weighted by atomic mass is 19.4. The Morgan fingerprint density at radius 3 is 2.33 bits per heavy atom. The van der Waals surface area contributed by atoms with E-state index in [1.807, 2.05) is 5.32 Å². The number of hydrogen-bond donors (Lipinski definition) is 1. The van der Waals surface area contributed by atoms with Gasteiger partial charge >= 0.3 is 12.1 Å². The molecule has 1 N–H and O–H groups in total. The minimum absolute atomic E-state index is 0.698. The Hall–Kier alpha value is -0.780. The van der Waals surface area contributed by atoms with Gasteiger partial charge in [0.05, 0.1) is 13.5 Å². The van der Waals surface area contributed by atoms with E-state index in [2.05, 4.69) is 4.74 Å². The molecule has 1 unspecified atom stereocenters. The second kappa shape index (κ2) is 4.30. The molecular weight excluding hydrogens is 175 g/mol. The zero-order chi connectivity index (χ0) is 9.78. The fourth-order valence-corrected chi connectivity index (χ4v) is 0.631. The molecule has 0 radical (unpaired) electrons. The van der Waals surface area contributed by atoms with Crippen LogP contribution in [0.2, 0.25) is 0 Å². The van der Waals surface area contributed by atoms with Crippen molar-refractivity contribution in [1.82, 2.24) is 5.32 Å². The molecule has 12 heavy (non-hydrogen) atoms. The Balaban J connectivity index is 4.09. The molecule has 0 heterocycles. The molecule has 0 saturated carbocycles. The lowest BCUT2D eigenvalue weighted by molar-refractivity contribution is -0.167. The molecule has 0 aromatic rings. The van der Waals surface area contributed by atoms with Gasteiger partial charge < -0.3 is 10.1 Å². The van der Waals surface area contributed by atoms with E-state index in [-0.39, 0.29) is 0 Å². The summed E-state index contributed by atoms with van der Waals surface area (Å²) in [7, 11) is 2.19. The van der Waals surface area contributed by atoms with Crippen LogP contribution in [0.25, 0.3) is 0 Å². The first kappa shape index (κ1) is 11.2. The maximum atomic E-state index is 11.9. The average molecular weight is 185 g/mol. The fourth-order valence-electron chi connectivity index (χ4n) is 0.631. The van der Waals surface area contributed by atoms with Gasteiger partial charge in [-0.25, -0.2) is 0 Å². The van der Waals surface area contributed by atoms with Crippen molar-refractivity contribution in [3.8, 4) is 0 Å². The van der Waals surface area contributed by atoms with Crippen molar-refractivity contribution < 1.29 is 22.7 Å². The first-order valence-electron chi connectivity index (χ1n) is 3.22. The van der Waals surface area contributed by atoms with Crippen LogP contribution in [-0.2, 0) is 9.53 Å². The SMILES string of the molecule is CNC(CC(=O)OC)C(F)(F)F. The van der Waals surface area contributed by atoms with E-state index < -0.39 is 24.6 Å². The van der Waals surface area contributed by atoms with Gasteiger partial charge in [0.25, 0.3) is 0 Å². The lowest BCUT2D eigenvalue weighted by Crippen LogP contribution is -2.41. The highest BCUT2D eigenvalue weighted by molar-refractivity contribution is 5.70. The average Bonchev–Trinajstić information content (AvgIpc) is 1.97. The van der Waals surface area contributed by atoms with Gasteiger partial charge in [0, 0.05) is 0 Å². The van der Waals surface area contributed by atoms with Crippen LogP contribution in [-0.4, -0.2) is 32.3 Å². The summed E-state index contributed by atoms with van der Waals surface area (Å²) in [6, 6.07) is -1.83. The Morgan fingerprint density at radius 2 is 2.08 bits per heavy atom. The summed E-state index contributed by atoms with van der Waals surface area (Å²) >= 11 is 0. The van der Waals surface area contributed by atoms with Crippen LogP contribution in [0, 0.1) is 0 Å². The van der Waals surface area contributed by atoms with Crippen LogP contribution in [0.5, 0.6) is 0 Å². The molecule has 0 aromatic heterocycles. The molecule has 0 rings (SSSR count). The molecule has 0 aliphatic carbocycles. The van der Waals surface area contributed by atoms with Crippen molar-refractivity contribution >= 4 is 5.97 Å². The van der Waals surface area contributed by atoms with Crippen LogP contribution < -0.4 is 5.32 Å². The zero-order valence-corrected chi connectivity index (χ0v) is 6.73. The monoisotopic (exact) mass is 185 g/mol. The predicted molar refractivity (Wildman–Crippen MR) is 35.5 cm³/mol. The highest BCUT2D eigenvalue weighted by Crippen LogP contribution is 2.22. The topological polar surface area (TPSA) is 38.3 Å². The number of methoxy groups -OCH3 is 1. The van der Waals surface area contributed by atoms with Crippen molar-refractivity contribution in [3.63, 3.8) is 0 Å². The normalized spacial score (nSPS) is 14.1. The Bertz CT molecular complexity index is 157. The highest BCUT2D eigenvalue weighted by Gasteiger charge is 2.39. The van der Waals surface area contributed by atoms with Crippen molar-refractivity contribution in [2.75, 3.05) is 14.2 Å². The van der Waals surface area contributed by atoms with Gasteiger partial charge in [0.15, 0.2) is 0 Å². The summed E-state index contributed by atoms with van der Waals surface area (Å²) in [6.45, 7) is 0. The summed E-state index contributed by atoms with van der Waals surface area (Å²) in [5.74, 6) is -0.883. The minimum atomic E-state index is -4.41. The Morgan fingerprint density at radius 1 is 1.58 bits per heavy atom. The van der Waals surface area contributed by atoms with E-state index in [0.29, 0.717) is 0 Å². The van der Waals surface area contributed by atoms with Crippen LogP contribution in [0.15, 0.2) is 0 Å². The molecule has 0 spiro atoms. The third kappa shape index (κ3) is 3.56. The molecule has 3 nitrogen and oxygen atoms in total. The lowest BCUT2D eigenvalue weighted by Gasteiger charge is -2.17. The molecule has 0 aliphatic rings. The second-order valence-corrected chi connectivity index (χ2v) is 2.16. The number of carbonyl (C=O) groups is 1. The standard InChI is InChI=1S/C6H10F3NO2/c1-10-4(6(7,8)9)3-5(11)12-2/h4,10H,3H2,1-2H3. The number of carbonyl (C=O) groups excluding carboxylic acids is 1. The second-order valence-electron chi connectivity index (χ2n) is 2.16. The fraction of sp³-hybridized carbons (Fsp3) is 0.833. The smallest absolute Gasteiger partial charge is 0.404 e. The number of esters is 1. The third-order valence-electron chi connectivity index (χ3n) is 1.34. The number of halogens is 3. The molecular formula is C6H10F3NO2. The number of hydrogen-bond acceptors (Lipinski definition) is 3. The van der Waals surface area contributed by atoms with Gasteiger partial charge in [-0.1, -0.05) is 0 Å². The molecule has 0 fully saturated rings. The molecule has 0 bridgehead atoms. The zero-order valence-electron chi connectivity index (χ0n) is 6.73. The van der Waals surface area contributed by atoms with Crippen molar-refractivity contribution in [3.05, 3.63) is 0 Å². The number of nitrogens with one attached hydrogen (secondary N) is 1. The van der Waals surface area contributed by atoms with Crippen LogP contribution in [0.4, 0.5) is 13.2 Å². The summed E-state index contributed by atoms with van der Waals surface area (Å²) < 4.78 is 39.9. The number of rotatable bonds is 3. The summed E-state index contributed by atoms with van der Waals surface area (Å²) in [5, 5.41) is 1.98. The molecule has 0 amide bonds. The number of alkyl halides is 3. The van der Waals surface area contributed by atoms with Crippen molar-refractivity contribution in [2.45, 2.75) is 18.6 Å². The van der Waals surface area contributed by atoms with Gasteiger partial charge in [-0.2, -0.15) is 13.2 Å². The first-order chi connectivity index (χ1) is 5.41. The van der Waals surface area contributed by atoms with E-state index in [9.17, 15) is 18.0 Å². The lowest BCUT2D eigenvalue weighted by atomic mass is 10.2. The van der Waals surface area contributed by atoms with E-state index in [0.717, 1.165) is 14.2 Å². The Labute approximate surface area is 67.9 Å². The van der Waals surface area contributed by atoms with Gasteiger partial charge in [0.2, 0.25) is 0 Å².